The second-order valence-corrected chi connectivity index (χ2v) is 7.38. The van der Waals surface area contributed by atoms with Crippen LogP contribution in [0.5, 0.6) is 0 Å². The molecule has 2 rings (SSSR count). The number of amides is 2. The van der Waals surface area contributed by atoms with Gasteiger partial charge in [-0.2, -0.15) is 0 Å². The zero-order valence-electron chi connectivity index (χ0n) is 13.8. The number of likely N-dealkylation sites (tertiary alicyclic amines) is 1. The standard InChI is InChI=1S/C16H28N2O4/c1-16(2,3)22-15(21)18-10-12(19)9-13(18)14(20)17-11-7-5-4-6-8-11/h11-13,19H,4-10H2,1-3H3,(H,17,20)/t12-,13+/m1/s1. The Bertz CT molecular complexity index is 413. The first-order valence-corrected chi connectivity index (χ1v) is 8.24. The van der Waals surface area contributed by atoms with Crippen LogP contribution in [-0.4, -0.2) is 52.3 Å². The van der Waals surface area contributed by atoms with Gasteiger partial charge in [0, 0.05) is 12.5 Å². The van der Waals surface area contributed by atoms with E-state index in [1.807, 2.05) is 0 Å². The number of hydrogen-bond acceptors (Lipinski definition) is 4. The predicted molar refractivity (Wildman–Crippen MR) is 82.4 cm³/mol. The summed E-state index contributed by atoms with van der Waals surface area (Å²) in [5, 5.41) is 12.9. The highest BCUT2D eigenvalue weighted by atomic mass is 16.6. The fraction of sp³-hybridized carbons (Fsp3) is 0.875. The average Bonchev–Trinajstić information content (AvgIpc) is 2.80. The van der Waals surface area contributed by atoms with Crippen molar-refractivity contribution in [2.24, 2.45) is 0 Å². The maximum atomic E-state index is 12.5. The minimum absolute atomic E-state index is 0.150. The fourth-order valence-electron chi connectivity index (χ4n) is 3.13. The Hall–Kier alpha value is -1.30. The average molecular weight is 312 g/mol. The number of carbonyl (C=O) groups is 2. The van der Waals surface area contributed by atoms with Gasteiger partial charge in [-0.25, -0.2) is 4.79 Å². The lowest BCUT2D eigenvalue weighted by Crippen LogP contribution is -2.50. The maximum absolute atomic E-state index is 12.5. The minimum atomic E-state index is -0.672. The zero-order chi connectivity index (χ0) is 16.3. The number of ether oxygens (including phenoxy) is 1. The first kappa shape index (κ1) is 17.1. The molecule has 126 valence electrons. The van der Waals surface area contributed by atoms with E-state index in [0.717, 1.165) is 25.7 Å². The monoisotopic (exact) mass is 312 g/mol. The summed E-state index contributed by atoms with van der Waals surface area (Å²) in [6.07, 6.45) is 4.54. The molecule has 1 saturated heterocycles. The number of carbonyl (C=O) groups excluding carboxylic acids is 2. The Kier molecular flexibility index (Phi) is 5.32. The lowest BCUT2D eigenvalue weighted by atomic mass is 9.95. The highest BCUT2D eigenvalue weighted by molar-refractivity contribution is 5.86. The van der Waals surface area contributed by atoms with Crippen LogP contribution in [0.4, 0.5) is 4.79 Å². The molecule has 2 amide bonds. The van der Waals surface area contributed by atoms with Gasteiger partial charge in [-0.15, -0.1) is 0 Å². The highest BCUT2D eigenvalue weighted by Crippen LogP contribution is 2.23. The van der Waals surface area contributed by atoms with Gasteiger partial charge in [0.2, 0.25) is 5.91 Å². The van der Waals surface area contributed by atoms with Crippen molar-refractivity contribution in [3.63, 3.8) is 0 Å². The minimum Gasteiger partial charge on any atom is -0.444 e. The molecule has 0 aromatic carbocycles. The molecule has 6 nitrogen and oxygen atoms in total. The van der Waals surface area contributed by atoms with Crippen molar-refractivity contribution in [3.05, 3.63) is 0 Å². The van der Waals surface area contributed by atoms with Gasteiger partial charge in [-0.3, -0.25) is 9.69 Å². The molecule has 1 saturated carbocycles. The summed E-state index contributed by atoms with van der Waals surface area (Å²) < 4.78 is 5.34. The summed E-state index contributed by atoms with van der Waals surface area (Å²) in [7, 11) is 0. The van der Waals surface area contributed by atoms with E-state index in [2.05, 4.69) is 5.32 Å². The molecule has 2 N–H and O–H groups in total. The number of nitrogens with zero attached hydrogens (tertiary/aromatic N) is 1. The first-order valence-electron chi connectivity index (χ1n) is 8.24. The molecule has 0 aromatic rings. The molecule has 1 aliphatic carbocycles. The number of aliphatic hydroxyl groups excluding tert-OH is 1. The fourth-order valence-corrected chi connectivity index (χ4v) is 3.13. The topological polar surface area (TPSA) is 78.9 Å². The second kappa shape index (κ2) is 6.86. The summed E-state index contributed by atoms with van der Waals surface area (Å²) in [4.78, 5) is 26.0. The van der Waals surface area contributed by atoms with Crippen molar-refractivity contribution in [3.8, 4) is 0 Å². The van der Waals surface area contributed by atoms with Crippen molar-refractivity contribution in [2.45, 2.75) is 83.1 Å². The van der Waals surface area contributed by atoms with Gasteiger partial charge >= 0.3 is 6.09 Å². The van der Waals surface area contributed by atoms with E-state index in [1.54, 1.807) is 20.8 Å². The SMILES string of the molecule is CC(C)(C)OC(=O)N1C[C@H](O)C[C@H]1C(=O)NC1CCCCC1. The highest BCUT2D eigenvalue weighted by Gasteiger charge is 2.41. The summed E-state index contributed by atoms with van der Waals surface area (Å²) in [6.45, 7) is 5.51. The third-order valence-corrected chi connectivity index (χ3v) is 4.16. The van der Waals surface area contributed by atoms with Crippen molar-refractivity contribution in [1.29, 1.82) is 0 Å². The molecule has 0 aromatic heterocycles. The van der Waals surface area contributed by atoms with Crippen LogP contribution in [-0.2, 0) is 9.53 Å². The Balaban J connectivity index is 1.97. The van der Waals surface area contributed by atoms with Crippen LogP contribution < -0.4 is 5.32 Å². The number of nitrogens with one attached hydrogen (secondary N) is 1. The summed E-state index contributed by atoms with van der Waals surface area (Å²) in [6, 6.07) is -0.439. The van der Waals surface area contributed by atoms with Gasteiger partial charge in [-0.1, -0.05) is 19.3 Å². The summed E-state index contributed by atoms with van der Waals surface area (Å²) in [5.41, 5.74) is -0.616. The van der Waals surface area contributed by atoms with Gasteiger partial charge in [0.25, 0.3) is 0 Å². The first-order chi connectivity index (χ1) is 10.3. The zero-order valence-corrected chi connectivity index (χ0v) is 13.8. The van der Waals surface area contributed by atoms with Crippen LogP contribution in [0, 0.1) is 0 Å². The Morgan fingerprint density at radius 1 is 1.18 bits per heavy atom. The van der Waals surface area contributed by atoms with E-state index in [-0.39, 0.29) is 24.9 Å². The van der Waals surface area contributed by atoms with E-state index < -0.39 is 23.8 Å². The smallest absolute Gasteiger partial charge is 0.411 e. The summed E-state index contributed by atoms with van der Waals surface area (Å²) in [5.74, 6) is -0.172. The van der Waals surface area contributed by atoms with Crippen LogP contribution in [0.2, 0.25) is 0 Å². The van der Waals surface area contributed by atoms with Crippen molar-refractivity contribution < 1.29 is 19.4 Å². The summed E-state index contributed by atoms with van der Waals surface area (Å²) >= 11 is 0. The number of β-amino-alcohol motifs (C(OH)–C–C–N with tert-alkyl or cyclic N) is 1. The Morgan fingerprint density at radius 2 is 1.82 bits per heavy atom. The molecule has 0 radical (unpaired) electrons. The van der Waals surface area contributed by atoms with Gasteiger partial charge in [0.05, 0.1) is 12.6 Å². The van der Waals surface area contributed by atoms with Crippen LogP contribution in [0.1, 0.15) is 59.3 Å². The van der Waals surface area contributed by atoms with Gasteiger partial charge < -0.3 is 15.2 Å². The van der Waals surface area contributed by atoms with E-state index in [9.17, 15) is 14.7 Å². The van der Waals surface area contributed by atoms with E-state index in [1.165, 1.54) is 11.3 Å². The molecule has 1 aliphatic heterocycles. The lowest BCUT2D eigenvalue weighted by molar-refractivity contribution is -0.126. The van der Waals surface area contributed by atoms with Crippen molar-refractivity contribution >= 4 is 12.0 Å². The van der Waals surface area contributed by atoms with Crippen LogP contribution >= 0.6 is 0 Å². The molecule has 2 atom stereocenters. The number of hydrogen-bond donors (Lipinski definition) is 2. The Labute approximate surface area is 132 Å². The van der Waals surface area contributed by atoms with E-state index >= 15 is 0 Å². The molecule has 0 unspecified atom stereocenters. The molecular formula is C16H28N2O4. The van der Waals surface area contributed by atoms with Crippen LogP contribution in [0.15, 0.2) is 0 Å². The third kappa shape index (κ3) is 4.60. The largest absolute Gasteiger partial charge is 0.444 e. The molecule has 0 bridgehead atoms. The number of rotatable bonds is 2. The predicted octanol–water partition coefficient (Wildman–Crippen LogP) is 1.81. The second-order valence-electron chi connectivity index (χ2n) is 7.38. The molecule has 2 aliphatic rings. The van der Waals surface area contributed by atoms with Gasteiger partial charge in [-0.05, 0) is 33.6 Å². The normalized spacial score (nSPS) is 26.8. The van der Waals surface area contributed by atoms with Crippen LogP contribution in [0.25, 0.3) is 0 Å². The molecule has 2 fully saturated rings. The van der Waals surface area contributed by atoms with Gasteiger partial charge in [0.15, 0.2) is 0 Å². The molecule has 6 heteroatoms. The van der Waals surface area contributed by atoms with Crippen molar-refractivity contribution in [1.82, 2.24) is 10.2 Å². The molecule has 22 heavy (non-hydrogen) atoms. The quantitative estimate of drug-likeness (QED) is 0.815. The van der Waals surface area contributed by atoms with Gasteiger partial charge in [0.1, 0.15) is 11.6 Å². The van der Waals surface area contributed by atoms with E-state index in [0.29, 0.717) is 0 Å². The molecule has 0 spiro atoms. The number of aliphatic hydroxyl groups is 1. The molecular weight excluding hydrogens is 284 g/mol. The maximum Gasteiger partial charge on any atom is 0.411 e. The van der Waals surface area contributed by atoms with E-state index in [4.69, 9.17) is 4.74 Å². The lowest BCUT2D eigenvalue weighted by Gasteiger charge is -2.29. The third-order valence-electron chi connectivity index (χ3n) is 4.16. The Morgan fingerprint density at radius 3 is 2.41 bits per heavy atom. The molecule has 1 heterocycles. The van der Waals surface area contributed by atoms with Crippen molar-refractivity contribution in [2.75, 3.05) is 6.54 Å². The van der Waals surface area contributed by atoms with Crippen LogP contribution in [0.3, 0.4) is 0 Å².